The Morgan fingerprint density at radius 2 is 2.19 bits per heavy atom. The van der Waals surface area contributed by atoms with Crippen LogP contribution in [0.3, 0.4) is 0 Å². The van der Waals surface area contributed by atoms with Crippen molar-refractivity contribution in [3.8, 4) is 0 Å². The number of amides is 1. The number of carbonyl (C=O) groups excluding carboxylic acids is 1. The molecule has 0 aliphatic carbocycles. The van der Waals surface area contributed by atoms with E-state index < -0.39 is 0 Å². The molecule has 1 amide bonds. The van der Waals surface area contributed by atoms with Crippen LogP contribution in [0.1, 0.15) is 42.5 Å². The first-order valence-corrected chi connectivity index (χ1v) is 9.77. The Bertz CT molecular complexity index is 790. The van der Waals surface area contributed by atoms with Gasteiger partial charge in [0.1, 0.15) is 5.82 Å². The maximum atomic E-state index is 12.9. The van der Waals surface area contributed by atoms with Crippen molar-refractivity contribution in [3.63, 3.8) is 0 Å². The third kappa shape index (κ3) is 3.62. The van der Waals surface area contributed by atoms with Crippen LogP contribution in [0.2, 0.25) is 5.02 Å². The van der Waals surface area contributed by atoms with Crippen LogP contribution in [-0.2, 0) is 24.2 Å². The van der Waals surface area contributed by atoms with E-state index >= 15 is 0 Å². The summed E-state index contributed by atoms with van der Waals surface area (Å²) in [6.45, 7) is 3.54. The van der Waals surface area contributed by atoms with Crippen LogP contribution in [0.4, 0.5) is 0 Å². The van der Waals surface area contributed by atoms with E-state index in [0.29, 0.717) is 17.9 Å². The summed E-state index contributed by atoms with van der Waals surface area (Å²) in [6.07, 6.45) is 4.09. The molecule has 3 heterocycles. The van der Waals surface area contributed by atoms with E-state index in [1.165, 1.54) is 0 Å². The zero-order valence-electron chi connectivity index (χ0n) is 14.8. The number of benzene rings is 1. The second-order valence-corrected chi connectivity index (χ2v) is 7.44. The highest BCUT2D eigenvalue weighted by Crippen LogP contribution is 2.32. The maximum Gasteiger partial charge on any atom is 0.223 e. The average Bonchev–Trinajstić information content (AvgIpc) is 3.21. The molecule has 26 heavy (non-hydrogen) atoms. The normalized spacial score (nSPS) is 20.0. The van der Waals surface area contributed by atoms with Gasteiger partial charge in [0, 0.05) is 44.0 Å². The van der Waals surface area contributed by atoms with E-state index in [0.717, 1.165) is 62.7 Å². The van der Waals surface area contributed by atoms with E-state index in [9.17, 15) is 4.79 Å². The maximum absolute atomic E-state index is 12.9. The van der Waals surface area contributed by atoms with E-state index in [1.807, 2.05) is 29.2 Å². The lowest BCUT2D eigenvalue weighted by Gasteiger charge is -2.24. The molecule has 1 saturated heterocycles. The average molecular weight is 374 g/mol. The summed E-state index contributed by atoms with van der Waals surface area (Å²) in [5.41, 5.74) is 1.10. The van der Waals surface area contributed by atoms with Crippen LogP contribution >= 0.6 is 11.6 Å². The van der Waals surface area contributed by atoms with Gasteiger partial charge in [-0.05, 0) is 37.0 Å². The molecule has 2 aromatic rings. The molecule has 4 rings (SSSR count). The van der Waals surface area contributed by atoms with Crippen molar-refractivity contribution in [2.75, 3.05) is 19.6 Å². The molecular formula is C19H24ClN5O. The minimum atomic E-state index is 0.0567. The second kappa shape index (κ2) is 7.76. The number of aryl methyl sites for hydroxylation is 1. The Balaban J connectivity index is 1.46. The summed E-state index contributed by atoms with van der Waals surface area (Å²) >= 11 is 6.04. The van der Waals surface area contributed by atoms with E-state index in [4.69, 9.17) is 11.6 Å². The molecule has 1 fully saturated rings. The molecule has 1 N–H and O–H groups in total. The Hall–Kier alpha value is -1.92. The molecule has 1 aromatic heterocycles. The predicted molar refractivity (Wildman–Crippen MR) is 100 cm³/mol. The number of rotatable bonds is 4. The van der Waals surface area contributed by atoms with Gasteiger partial charge in [0.05, 0.1) is 6.04 Å². The third-order valence-electron chi connectivity index (χ3n) is 5.28. The number of hydrogen-bond donors (Lipinski definition) is 1. The van der Waals surface area contributed by atoms with Gasteiger partial charge in [-0.25, -0.2) is 0 Å². The lowest BCUT2D eigenvalue weighted by Crippen LogP contribution is -2.32. The molecule has 1 atom stereocenters. The third-order valence-corrected chi connectivity index (χ3v) is 5.52. The van der Waals surface area contributed by atoms with Crippen LogP contribution in [-0.4, -0.2) is 45.2 Å². The van der Waals surface area contributed by atoms with Crippen molar-refractivity contribution in [1.29, 1.82) is 0 Å². The van der Waals surface area contributed by atoms with Gasteiger partial charge >= 0.3 is 0 Å². The van der Waals surface area contributed by atoms with Gasteiger partial charge in [-0.15, -0.1) is 10.2 Å². The second-order valence-electron chi connectivity index (χ2n) is 7.00. The van der Waals surface area contributed by atoms with E-state index in [-0.39, 0.29) is 11.9 Å². The van der Waals surface area contributed by atoms with E-state index in [1.54, 1.807) is 0 Å². The van der Waals surface area contributed by atoms with Gasteiger partial charge in [-0.3, -0.25) is 4.79 Å². The van der Waals surface area contributed by atoms with Crippen molar-refractivity contribution >= 4 is 17.5 Å². The smallest absolute Gasteiger partial charge is 0.223 e. The van der Waals surface area contributed by atoms with Crippen LogP contribution in [0.15, 0.2) is 24.3 Å². The molecule has 7 heteroatoms. The number of nitrogens with one attached hydrogen (secondary N) is 1. The first kappa shape index (κ1) is 17.5. The highest BCUT2D eigenvalue weighted by atomic mass is 35.5. The Labute approximate surface area is 158 Å². The molecule has 1 unspecified atom stereocenters. The number of nitrogens with zero attached hydrogens (tertiary/aromatic N) is 4. The molecule has 0 spiro atoms. The summed E-state index contributed by atoms with van der Waals surface area (Å²) in [7, 11) is 0. The zero-order valence-corrected chi connectivity index (χ0v) is 15.6. The number of aromatic nitrogens is 3. The fraction of sp³-hybridized carbons (Fsp3) is 0.526. The van der Waals surface area contributed by atoms with Gasteiger partial charge in [-0.1, -0.05) is 23.7 Å². The van der Waals surface area contributed by atoms with Crippen molar-refractivity contribution in [2.45, 2.75) is 44.7 Å². The van der Waals surface area contributed by atoms with Crippen LogP contribution < -0.4 is 5.32 Å². The number of halogens is 1. The van der Waals surface area contributed by atoms with Crippen LogP contribution in [0.5, 0.6) is 0 Å². The van der Waals surface area contributed by atoms with Crippen molar-refractivity contribution < 1.29 is 4.79 Å². The molecule has 138 valence electrons. The lowest BCUT2D eigenvalue weighted by molar-refractivity contribution is -0.132. The van der Waals surface area contributed by atoms with Crippen molar-refractivity contribution in [1.82, 2.24) is 25.0 Å². The Kier molecular flexibility index (Phi) is 5.22. The monoisotopic (exact) mass is 373 g/mol. The summed E-state index contributed by atoms with van der Waals surface area (Å²) in [4.78, 5) is 14.9. The Morgan fingerprint density at radius 3 is 3.08 bits per heavy atom. The molecular weight excluding hydrogens is 350 g/mol. The molecule has 2 aliphatic rings. The molecule has 0 radical (unpaired) electrons. The molecule has 0 saturated carbocycles. The van der Waals surface area contributed by atoms with Crippen molar-refractivity contribution in [2.24, 2.45) is 0 Å². The SMILES string of the molecule is O=C(CCc1cccc(Cl)c1)N1CCCC1c1nnc2n1CCNCC2. The molecule has 6 nitrogen and oxygen atoms in total. The van der Waals surface area contributed by atoms with Crippen LogP contribution in [0.25, 0.3) is 0 Å². The fourth-order valence-corrected chi connectivity index (χ4v) is 4.17. The topological polar surface area (TPSA) is 63.1 Å². The zero-order chi connectivity index (χ0) is 17.9. The lowest BCUT2D eigenvalue weighted by atomic mass is 10.1. The fourth-order valence-electron chi connectivity index (χ4n) is 3.96. The highest BCUT2D eigenvalue weighted by Gasteiger charge is 2.34. The summed E-state index contributed by atoms with van der Waals surface area (Å²) in [5.74, 6) is 2.18. The number of carbonyl (C=O) groups is 1. The largest absolute Gasteiger partial charge is 0.332 e. The van der Waals surface area contributed by atoms with Gasteiger partial charge in [0.15, 0.2) is 5.82 Å². The summed E-state index contributed by atoms with van der Waals surface area (Å²) < 4.78 is 2.22. The quantitative estimate of drug-likeness (QED) is 0.893. The number of fused-ring (bicyclic) bond motifs is 1. The van der Waals surface area contributed by atoms with Gasteiger partial charge < -0.3 is 14.8 Å². The number of hydrogen-bond acceptors (Lipinski definition) is 4. The minimum absolute atomic E-state index is 0.0567. The summed E-state index contributed by atoms with van der Waals surface area (Å²) in [5, 5.41) is 12.9. The van der Waals surface area contributed by atoms with Crippen molar-refractivity contribution in [3.05, 3.63) is 46.5 Å². The molecule has 2 aliphatic heterocycles. The summed E-state index contributed by atoms with van der Waals surface area (Å²) in [6, 6.07) is 7.80. The van der Waals surface area contributed by atoms with Gasteiger partial charge in [0.2, 0.25) is 5.91 Å². The molecule has 0 bridgehead atoms. The highest BCUT2D eigenvalue weighted by molar-refractivity contribution is 6.30. The van der Waals surface area contributed by atoms with Crippen LogP contribution in [0, 0.1) is 0 Å². The standard InChI is InChI=1S/C19H24ClN5O/c20-15-4-1-3-14(13-15)6-7-18(26)24-11-2-5-16(24)19-23-22-17-8-9-21-10-12-25(17)19/h1,3-4,13,16,21H,2,5-12H2. The Morgan fingerprint density at radius 1 is 1.27 bits per heavy atom. The van der Waals surface area contributed by atoms with Gasteiger partial charge in [0.25, 0.3) is 0 Å². The first-order valence-electron chi connectivity index (χ1n) is 9.39. The van der Waals surface area contributed by atoms with E-state index in [2.05, 4.69) is 20.1 Å². The van der Waals surface area contributed by atoms with Gasteiger partial charge in [-0.2, -0.15) is 0 Å². The first-order chi connectivity index (χ1) is 12.7. The predicted octanol–water partition coefficient (Wildman–Crippen LogP) is 2.37. The minimum Gasteiger partial charge on any atom is -0.332 e. The molecule has 1 aromatic carbocycles. The number of likely N-dealkylation sites (tertiary alicyclic amines) is 1.